The molecule has 0 spiro atoms. The molecule has 40 heavy (non-hydrogen) atoms. The summed E-state index contributed by atoms with van der Waals surface area (Å²) >= 11 is 1.54. The molecule has 2 fully saturated rings. The summed E-state index contributed by atoms with van der Waals surface area (Å²) in [5.74, 6) is 0.584. The molecule has 0 aliphatic carbocycles. The number of aromatic nitrogens is 1. The number of halogens is 3. The van der Waals surface area contributed by atoms with E-state index in [1.54, 1.807) is 17.2 Å². The van der Waals surface area contributed by atoms with Crippen molar-refractivity contribution in [3.63, 3.8) is 0 Å². The van der Waals surface area contributed by atoms with E-state index in [0.29, 0.717) is 42.5 Å². The minimum Gasteiger partial charge on any atom is -0.497 e. The summed E-state index contributed by atoms with van der Waals surface area (Å²) in [5, 5.41) is 0.703. The molecule has 0 N–H and O–H groups in total. The topological polar surface area (TPSA) is 62.7 Å². The Kier molecular flexibility index (Phi) is 8.35. The van der Waals surface area contributed by atoms with Gasteiger partial charge in [0.25, 0.3) is 11.8 Å². The average Bonchev–Trinajstić information content (AvgIpc) is 3.27. The molecule has 210 valence electrons. The third-order valence-electron chi connectivity index (χ3n) is 7.63. The molecule has 0 radical (unpaired) electrons. The maximum atomic E-state index is 13.5. The van der Waals surface area contributed by atoms with E-state index in [0.717, 1.165) is 30.5 Å². The third kappa shape index (κ3) is 6.27. The average molecular weight is 570 g/mol. The molecule has 10 heteroatoms. The lowest BCUT2D eigenvalue weighted by atomic mass is 9.92. The maximum absolute atomic E-state index is 13.5. The Labute approximate surface area is 235 Å². The Bertz CT molecular complexity index is 1350. The van der Waals surface area contributed by atoms with Gasteiger partial charge in [-0.2, -0.15) is 13.2 Å². The maximum Gasteiger partial charge on any atom is 0.416 e. The number of nitrogens with zero attached hydrogens (tertiary/aromatic N) is 3. The van der Waals surface area contributed by atoms with Gasteiger partial charge in [0.15, 0.2) is 0 Å². The lowest BCUT2D eigenvalue weighted by Gasteiger charge is -2.23. The monoisotopic (exact) mass is 569 g/mol. The van der Waals surface area contributed by atoms with Crippen molar-refractivity contribution >= 4 is 23.6 Å². The smallest absolute Gasteiger partial charge is 0.416 e. The molecular formula is C30H30F3N3O3S. The van der Waals surface area contributed by atoms with E-state index in [9.17, 15) is 22.8 Å². The molecule has 3 heterocycles. The Hall–Kier alpha value is -3.53. The molecule has 0 unspecified atom stereocenters. The van der Waals surface area contributed by atoms with Gasteiger partial charge in [-0.3, -0.25) is 9.59 Å². The lowest BCUT2D eigenvalue weighted by Crippen LogP contribution is -2.34. The van der Waals surface area contributed by atoms with Gasteiger partial charge in [-0.15, -0.1) is 11.8 Å². The molecule has 2 aromatic carbocycles. The molecule has 6 nitrogen and oxygen atoms in total. The van der Waals surface area contributed by atoms with Gasteiger partial charge in [0.2, 0.25) is 0 Å². The number of alkyl halides is 3. The molecular weight excluding hydrogens is 539 g/mol. The van der Waals surface area contributed by atoms with E-state index >= 15 is 0 Å². The van der Waals surface area contributed by atoms with Crippen molar-refractivity contribution in [2.45, 2.75) is 29.8 Å². The molecule has 2 amide bonds. The summed E-state index contributed by atoms with van der Waals surface area (Å²) in [4.78, 5) is 34.7. The minimum atomic E-state index is -4.58. The fraction of sp³-hybridized carbons (Fsp3) is 0.367. The van der Waals surface area contributed by atoms with Crippen molar-refractivity contribution in [1.82, 2.24) is 14.8 Å². The van der Waals surface area contributed by atoms with Crippen molar-refractivity contribution in [2.75, 3.05) is 33.3 Å². The molecule has 2 aliphatic heterocycles. The van der Waals surface area contributed by atoms with Crippen LogP contribution in [0.25, 0.3) is 0 Å². The van der Waals surface area contributed by atoms with Crippen LogP contribution in [0.1, 0.15) is 44.7 Å². The zero-order valence-corrected chi connectivity index (χ0v) is 22.9. The molecule has 0 bridgehead atoms. The highest BCUT2D eigenvalue weighted by molar-refractivity contribution is 7.98. The first-order valence-electron chi connectivity index (χ1n) is 13.2. The van der Waals surface area contributed by atoms with E-state index in [1.165, 1.54) is 24.9 Å². The summed E-state index contributed by atoms with van der Waals surface area (Å²) in [7, 11) is 1.28. The van der Waals surface area contributed by atoms with Crippen LogP contribution in [0.4, 0.5) is 13.2 Å². The highest BCUT2D eigenvalue weighted by atomic mass is 32.2. The van der Waals surface area contributed by atoms with Gasteiger partial charge in [0.1, 0.15) is 10.8 Å². The predicted molar refractivity (Wildman–Crippen MR) is 146 cm³/mol. The number of methoxy groups -OCH3 is 1. The number of thioether (sulfide) groups is 1. The number of benzene rings is 2. The van der Waals surface area contributed by atoms with Crippen LogP contribution in [0.2, 0.25) is 0 Å². The van der Waals surface area contributed by atoms with E-state index in [2.05, 4.69) is 4.98 Å². The van der Waals surface area contributed by atoms with Gasteiger partial charge in [0, 0.05) is 43.7 Å². The third-order valence-corrected chi connectivity index (χ3v) is 8.70. The number of amides is 2. The van der Waals surface area contributed by atoms with Crippen LogP contribution in [0.3, 0.4) is 0 Å². The van der Waals surface area contributed by atoms with E-state index in [4.69, 9.17) is 4.74 Å². The van der Waals surface area contributed by atoms with Crippen LogP contribution in [-0.2, 0) is 11.9 Å². The van der Waals surface area contributed by atoms with Crippen molar-refractivity contribution < 1.29 is 27.5 Å². The second kappa shape index (κ2) is 11.9. The Morgan fingerprint density at radius 2 is 1.65 bits per heavy atom. The number of pyridine rings is 1. The number of hydrogen-bond donors (Lipinski definition) is 0. The first-order chi connectivity index (χ1) is 19.2. The number of fused-ring (bicyclic) bond motifs is 1. The Morgan fingerprint density at radius 3 is 2.30 bits per heavy atom. The SMILES string of the molecule is COc1cc(C(=O)N2C[C@H]3CCN(C(=O)c4cccnc4SCc4ccccc4)CC[C@H]3C2)cc(C(F)(F)F)c1. The second-order valence-corrected chi connectivity index (χ2v) is 11.1. The fourth-order valence-electron chi connectivity index (χ4n) is 5.47. The number of carbonyl (C=O) groups excluding carboxylic acids is 2. The Balaban J connectivity index is 1.23. The normalized spacial score (nSPS) is 19.2. The second-order valence-electron chi connectivity index (χ2n) is 10.2. The number of ether oxygens (including phenoxy) is 1. The van der Waals surface area contributed by atoms with E-state index in [1.807, 2.05) is 41.3 Å². The summed E-state index contributed by atoms with van der Waals surface area (Å²) in [6.07, 6.45) is -1.44. The Morgan fingerprint density at radius 1 is 0.950 bits per heavy atom. The number of hydrogen-bond acceptors (Lipinski definition) is 5. The van der Waals surface area contributed by atoms with Gasteiger partial charge >= 0.3 is 6.18 Å². The van der Waals surface area contributed by atoms with E-state index in [-0.39, 0.29) is 29.1 Å². The van der Waals surface area contributed by atoms with Crippen molar-refractivity contribution in [2.24, 2.45) is 11.8 Å². The highest BCUT2D eigenvalue weighted by Crippen LogP contribution is 2.36. The number of likely N-dealkylation sites (tertiary alicyclic amines) is 2. The summed E-state index contributed by atoms with van der Waals surface area (Å²) in [6.45, 7) is 2.01. The predicted octanol–water partition coefficient (Wildman–Crippen LogP) is 6.03. The minimum absolute atomic E-state index is 0.00237. The zero-order valence-electron chi connectivity index (χ0n) is 22.1. The summed E-state index contributed by atoms with van der Waals surface area (Å²) < 4.78 is 45.1. The largest absolute Gasteiger partial charge is 0.497 e. The van der Waals surface area contributed by atoms with Crippen LogP contribution >= 0.6 is 11.8 Å². The zero-order chi connectivity index (χ0) is 28.3. The van der Waals surface area contributed by atoms with Crippen LogP contribution < -0.4 is 4.74 Å². The standard InChI is InChI=1S/C30H30F3N3O3S/c1-39-25-15-23(14-24(16-25)30(31,32)33)28(37)36-17-21-9-12-35(13-10-22(21)18-36)29(38)26-8-5-11-34-27(26)40-19-20-6-3-2-4-7-20/h2-8,11,14-16,21-22H,9-10,12-13,17-19H2,1H3/t21-,22+. The van der Waals surface area contributed by atoms with E-state index < -0.39 is 17.6 Å². The summed E-state index contributed by atoms with van der Waals surface area (Å²) in [5.41, 5.74) is 0.805. The van der Waals surface area contributed by atoms with Crippen LogP contribution in [-0.4, -0.2) is 59.9 Å². The molecule has 5 rings (SSSR count). The van der Waals surface area contributed by atoms with Crippen LogP contribution in [0.15, 0.2) is 71.9 Å². The van der Waals surface area contributed by atoms with Crippen LogP contribution in [0, 0.1) is 11.8 Å². The fourth-order valence-corrected chi connectivity index (χ4v) is 6.41. The van der Waals surface area contributed by atoms with Gasteiger partial charge in [-0.05, 0) is 60.6 Å². The van der Waals surface area contributed by atoms with Gasteiger partial charge in [-0.25, -0.2) is 4.98 Å². The van der Waals surface area contributed by atoms with Crippen molar-refractivity contribution in [3.05, 3.63) is 89.1 Å². The van der Waals surface area contributed by atoms with Gasteiger partial charge in [0.05, 0.1) is 18.2 Å². The first kappa shape index (κ1) is 28.0. The highest BCUT2D eigenvalue weighted by Gasteiger charge is 2.39. The molecule has 2 saturated heterocycles. The molecule has 2 atom stereocenters. The number of carbonyl (C=O) groups is 2. The first-order valence-corrected chi connectivity index (χ1v) is 14.2. The van der Waals surface area contributed by atoms with Crippen LogP contribution in [0.5, 0.6) is 5.75 Å². The molecule has 1 aromatic heterocycles. The molecule has 0 saturated carbocycles. The molecule has 3 aromatic rings. The summed E-state index contributed by atoms with van der Waals surface area (Å²) in [6, 6.07) is 16.8. The quantitative estimate of drug-likeness (QED) is 0.340. The molecule has 2 aliphatic rings. The lowest BCUT2D eigenvalue weighted by molar-refractivity contribution is -0.137. The van der Waals surface area contributed by atoms with Gasteiger partial charge in [-0.1, -0.05) is 30.3 Å². The van der Waals surface area contributed by atoms with Crippen molar-refractivity contribution in [1.29, 1.82) is 0 Å². The van der Waals surface area contributed by atoms with Crippen molar-refractivity contribution in [3.8, 4) is 5.75 Å². The van der Waals surface area contributed by atoms with Gasteiger partial charge < -0.3 is 14.5 Å². The number of rotatable bonds is 6.